The molecule has 1 aliphatic heterocycles. The lowest BCUT2D eigenvalue weighted by Crippen LogP contribution is -2.47. The first-order chi connectivity index (χ1) is 13.2. The lowest BCUT2D eigenvalue weighted by Gasteiger charge is -2.34. The van der Waals surface area contributed by atoms with Gasteiger partial charge >= 0.3 is 0 Å². The molecule has 0 atom stereocenters. The number of benzene rings is 2. The third-order valence-corrected chi connectivity index (χ3v) is 5.10. The van der Waals surface area contributed by atoms with Crippen molar-refractivity contribution in [1.29, 1.82) is 0 Å². The average molecular weight is 364 g/mol. The van der Waals surface area contributed by atoms with Crippen molar-refractivity contribution >= 4 is 17.7 Å². The Balaban J connectivity index is 1.36. The number of nitrogens with zero attached hydrogens (tertiary/aromatic N) is 3. The van der Waals surface area contributed by atoms with E-state index in [1.807, 2.05) is 43.4 Å². The lowest BCUT2D eigenvalue weighted by molar-refractivity contribution is -0.118. The van der Waals surface area contributed by atoms with Gasteiger partial charge in [0.25, 0.3) is 0 Å². The summed E-state index contributed by atoms with van der Waals surface area (Å²) in [5, 5.41) is 0. The summed E-state index contributed by atoms with van der Waals surface area (Å²) in [5.74, 6) is 0.175. The van der Waals surface area contributed by atoms with E-state index in [4.69, 9.17) is 0 Å². The molecule has 2 aromatic rings. The van der Waals surface area contributed by atoms with Gasteiger partial charge in [0.15, 0.2) is 0 Å². The van der Waals surface area contributed by atoms with Crippen LogP contribution in [0.4, 0.5) is 5.69 Å². The van der Waals surface area contributed by atoms with E-state index in [0.717, 1.165) is 45.0 Å². The summed E-state index contributed by atoms with van der Waals surface area (Å²) in [6.45, 7) is 5.99. The van der Waals surface area contributed by atoms with Crippen molar-refractivity contribution in [3.05, 3.63) is 72.3 Å². The van der Waals surface area contributed by atoms with Gasteiger partial charge in [-0.2, -0.15) is 0 Å². The summed E-state index contributed by atoms with van der Waals surface area (Å²) in [5.41, 5.74) is 2.20. The first-order valence-corrected chi connectivity index (χ1v) is 9.70. The number of carbonyl (C=O) groups is 1. The molecule has 1 aliphatic rings. The zero-order chi connectivity index (χ0) is 18.9. The van der Waals surface area contributed by atoms with Gasteiger partial charge in [-0.05, 0) is 17.7 Å². The second kappa shape index (κ2) is 10.0. The van der Waals surface area contributed by atoms with E-state index in [1.54, 1.807) is 4.90 Å². The number of hydrogen-bond acceptors (Lipinski definition) is 3. The highest BCUT2D eigenvalue weighted by atomic mass is 16.2. The van der Waals surface area contributed by atoms with Crippen LogP contribution in [0.1, 0.15) is 12.0 Å². The molecule has 0 saturated carbocycles. The Morgan fingerprint density at radius 1 is 0.926 bits per heavy atom. The molecule has 0 unspecified atom stereocenters. The van der Waals surface area contributed by atoms with E-state index in [9.17, 15) is 4.79 Å². The molecule has 0 N–H and O–H groups in total. The highest BCUT2D eigenvalue weighted by Crippen LogP contribution is 2.12. The minimum atomic E-state index is 0.175. The van der Waals surface area contributed by atoms with Crippen LogP contribution in [0.2, 0.25) is 0 Å². The van der Waals surface area contributed by atoms with Crippen molar-refractivity contribution in [3.8, 4) is 0 Å². The molecular formula is C23H29N3O. The van der Waals surface area contributed by atoms with Crippen LogP contribution in [0.25, 0.3) is 6.08 Å². The van der Waals surface area contributed by atoms with Gasteiger partial charge < -0.3 is 9.80 Å². The molecule has 0 radical (unpaired) electrons. The van der Waals surface area contributed by atoms with Gasteiger partial charge in [0.05, 0.1) is 0 Å². The Bertz CT molecular complexity index is 722. The second-order valence-corrected chi connectivity index (χ2v) is 6.99. The smallest absolute Gasteiger partial charge is 0.228 e. The zero-order valence-electron chi connectivity index (χ0n) is 16.1. The van der Waals surface area contributed by atoms with Gasteiger partial charge in [-0.25, -0.2) is 0 Å². The summed E-state index contributed by atoms with van der Waals surface area (Å²) in [6.07, 6.45) is 4.99. The topological polar surface area (TPSA) is 26.8 Å². The number of piperazine rings is 1. The van der Waals surface area contributed by atoms with Crippen LogP contribution in [0.5, 0.6) is 0 Å². The molecule has 142 valence electrons. The third kappa shape index (κ3) is 6.05. The van der Waals surface area contributed by atoms with Crippen LogP contribution < -0.4 is 4.90 Å². The quantitative estimate of drug-likeness (QED) is 0.755. The molecular weight excluding hydrogens is 334 g/mol. The van der Waals surface area contributed by atoms with Gasteiger partial charge in [0.1, 0.15) is 0 Å². The van der Waals surface area contributed by atoms with E-state index in [2.05, 4.69) is 46.2 Å². The Hall–Kier alpha value is -2.43. The summed E-state index contributed by atoms with van der Waals surface area (Å²) >= 11 is 0. The number of carbonyl (C=O) groups excluding carboxylic acids is 1. The highest BCUT2D eigenvalue weighted by molar-refractivity contribution is 5.92. The van der Waals surface area contributed by atoms with Gasteiger partial charge in [-0.3, -0.25) is 9.69 Å². The van der Waals surface area contributed by atoms with Crippen molar-refractivity contribution in [2.75, 3.05) is 51.2 Å². The standard InChI is InChI=1S/C23H29N3O/c1-24(22-12-6-3-7-13-22)23(27)14-16-26-19-17-25(18-20-26)15-8-11-21-9-4-2-5-10-21/h2-13H,14-20H2,1H3/b11-8+. The van der Waals surface area contributed by atoms with Crippen molar-refractivity contribution in [2.45, 2.75) is 6.42 Å². The van der Waals surface area contributed by atoms with Crippen LogP contribution in [0.3, 0.4) is 0 Å². The van der Waals surface area contributed by atoms with Crippen LogP contribution in [-0.2, 0) is 4.79 Å². The number of rotatable bonds is 7. The van der Waals surface area contributed by atoms with Crippen molar-refractivity contribution in [1.82, 2.24) is 9.80 Å². The van der Waals surface area contributed by atoms with Crippen LogP contribution in [0.15, 0.2) is 66.7 Å². The minimum Gasteiger partial charge on any atom is -0.315 e. The summed E-state index contributed by atoms with van der Waals surface area (Å²) in [4.78, 5) is 19.0. The molecule has 3 rings (SSSR count). The maximum absolute atomic E-state index is 12.4. The Morgan fingerprint density at radius 2 is 1.52 bits per heavy atom. The van der Waals surface area contributed by atoms with Crippen molar-refractivity contribution in [3.63, 3.8) is 0 Å². The third-order valence-electron chi connectivity index (χ3n) is 5.10. The van der Waals surface area contributed by atoms with Gasteiger partial charge in [0, 0.05) is 58.4 Å². The summed E-state index contributed by atoms with van der Waals surface area (Å²) in [6, 6.07) is 20.3. The van der Waals surface area contributed by atoms with Crippen LogP contribution in [0, 0.1) is 0 Å². The fourth-order valence-corrected chi connectivity index (χ4v) is 3.31. The predicted octanol–water partition coefficient (Wildman–Crippen LogP) is 3.37. The van der Waals surface area contributed by atoms with Gasteiger partial charge in [-0.15, -0.1) is 0 Å². The summed E-state index contributed by atoms with van der Waals surface area (Å²) in [7, 11) is 1.86. The van der Waals surface area contributed by atoms with Crippen LogP contribution in [-0.4, -0.2) is 62.0 Å². The molecule has 0 aliphatic carbocycles. The second-order valence-electron chi connectivity index (χ2n) is 6.99. The van der Waals surface area contributed by atoms with E-state index in [-0.39, 0.29) is 5.91 Å². The maximum atomic E-state index is 12.4. The molecule has 1 heterocycles. The lowest BCUT2D eigenvalue weighted by atomic mass is 10.2. The molecule has 1 fully saturated rings. The largest absolute Gasteiger partial charge is 0.315 e. The molecule has 1 amide bonds. The van der Waals surface area contributed by atoms with Crippen molar-refractivity contribution < 1.29 is 4.79 Å². The van der Waals surface area contributed by atoms with Gasteiger partial charge in [-0.1, -0.05) is 60.7 Å². The maximum Gasteiger partial charge on any atom is 0.228 e. The highest BCUT2D eigenvalue weighted by Gasteiger charge is 2.18. The Kier molecular flexibility index (Phi) is 7.19. The zero-order valence-corrected chi connectivity index (χ0v) is 16.1. The Labute approximate surface area is 162 Å². The van der Waals surface area contributed by atoms with E-state index < -0.39 is 0 Å². The van der Waals surface area contributed by atoms with E-state index >= 15 is 0 Å². The molecule has 2 aromatic carbocycles. The number of para-hydroxylation sites is 1. The predicted molar refractivity (Wildman–Crippen MR) is 113 cm³/mol. The molecule has 27 heavy (non-hydrogen) atoms. The molecule has 0 aromatic heterocycles. The molecule has 0 spiro atoms. The fourth-order valence-electron chi connectivity index (χ4n) is 3.31. The number of amides is 1. The molecule has 0 bridgehead atoms. The number of hydrogen-bond donors (Lipinski definition) is 0. The SMILES string of the molecule is CN(C(=O)CCN1CCN(C/C=C/c2ccccc2)CC1)c1ccccc1. The minimum absolute atomic E-state index is 0.175. The first kappa shape index (κ1) is 19.3. The first-order valence-electron chi connectivity index (χ1n) is 9.70. The van der Waals surface area contributed by atoms with Crippen LogP contribution >= 0.6 is 0 Å². The number of anilines is 1. The monoisotopic (exact) mass is 363 g/mol. The molecule has 4 nitrogen and oxygen atoms in total. The summed E-state index contributed by atoms with van der Waals surface area (Å²) < 4.78 is 0. The molecule has 4 heteroatoms. The average Bonchev–Trinajstić information content (AvgIpc) is 2.74. The van der Waals surface area contributed by atoms with Gasteiger partial charge in [0.2, 0.25) is 5.91 Å². The van der Waals surface area contributed by atoms with Crippen molar-refractivity contribution in [2.24, 2.45) is 0 Å². The van der Waals surface area contributed by atoms with E-state index in [0.29, 0.717) is 6.42 Å². The Morgan fingerprint density at radius 3 is 2.19 bits per heavy atom. The molecule has 1 saturated heterocycles. The fraction of sp³-hybridized carbons (Fsp3) is 0.348. The normalized spacial score (nSPS) is 15.9. The van der Waals surface area contributed by atoms with E-state index in [1.165, 1.54) is 5.56 Å².